The van der Waals surface area contributed by atoms with Gasteiger partial charge in [0.2, 0.25) is 0 Å². The second-order valence-electron chi connectivity index (χ2n) is 4.81. The van der Waals surface area contributed by atoms with Gasteiger partial charge >= 0.3 is 0 Å². The van der Waals surface area contributed by atoms with Crippen molar-refractivity contribution in [1.29, 1.82) is 0 Å². The Kier molecular flexibility index (Phi) is 4.74. The van der Waals surface area contributed by atoms with Crippen LogP contribution in [-0.4, -0.2) is 7.11 Å². The van der Waals surface area contributed by atoms with E-state index in [0.29, 0.717) is 5.56 Å². The molecule has 0 bridgehead atoms. The second-order valence-corrected chi connectivity index (χ2v) is 4.81. The highest BCUT2D eigenvalue weighted by Gasteiger charge is 2.23. The highest BCUT2D eigenvalue weighted by atomic mass is 19.1. The predicted molar refractivity (Wildman–Crippen MR) is 79.4 cm³/mol. The summed E-state index contributed by atoms with van der Waals surface area (Å²) in [6, 6.07) is 14.7. The van der Waals surface area contributed by atoms with Gasteiger partial charge in [0, 0.05) is 17.5 Å². The van der Waals surface area contributed by atoms with Crippen molar-refractivity contribution in [3.63, 3.8) is 0 Å². The van der Waals surface area contributed by atoms with Crippen molar-refractivity contribution in [3.05, 3.63) is 65.5 Å². The van der Waals surface area contributed by atoms with E-state index in [0.717, 1.165) is 12.0 Å². The standard InChI is InChI=1S/C17H20FNO/c1-3-13(12-8-5-4-6-9-12)17(19)14-10-7-11-15(20-2)16(14)18/h4-11,13,17H,3,19H2,1-2H3. The van der Waals surface area contributed by atoms with Crippen molar-refractivity contribution < 1.29 is 9.13 Å². The van der Waals surface area contributed by atoms with Gasteiger partial charge in [0.15, 0.2) is 11.6 Å². The van der Waals surface area contributed by atoms with Crippen molar-refractivity contribution in [3.8, 4) is 5.75 Å². The van der Waals surface area contributed by atoms with Crippen molar-refractivity contribution in [2.24, 2.45) is 5.73 Å². The van der Waals surface area contributed by atoms with Gasteiger partial charge in [-0.25, -0.2) is 4.39 Å². The number of halogens is 1. The van der Waals surface area contributed by atoms with E-state index in [4.69, 9.17) is 10.5 Å². The fourth-order valence-corrected chi connectivity index (χ4v) is 2.56. The summed E-state index contributed by atoms with van der Waals surface area (Å²) in [5.41, 5.74) is 7.94. The van der Waals surface area contributed by atoms with Crippen molar-refractivity contribution >= 4 is 0 Å². The second kappa shape index (κ2) is 6.53. The van der Waals surface area contributed by atoms with Crippen LogP contribution in [0.15, 0.2) is 48.5 Å². The molecule has 2 rings (SSSR count). The summed E-state index contributed by atoms with van der Waals surface area (Å²) < 4.78 is 19.4. The summed E-state index contributed by atoms with van der Waals surface area (Å²) in [7, 11) is 1.46. The lowest BCUT2D eigenvalue weighted by atomic mass is 9.85. The molecule has 2 atom stereocenters. The van der Waals surface area contributed by atoms with E-state index in [2.05, 4.69) is 6.92 Å². The normalized spacial score (nSPS) is 13.8. The van der Waals surface area contributed by atoms with Gasteiger partial charge in [-0.3, -0.25) is 0 Å². The number of nitrogens with two attached hydrogens (primary N) is 1. The molecule has 3 heteroatoms. The Labute approximate surface area is 119 Å². The summed E-state index contributed by atoms with van der Waals surface area (Å²) in [4.78, 5) is 0. The largest absolute Gasteiger partial charge is 0.494 e. The monoisotopic (exact) mass is 273 g/mol. The number of hydrogen-bond acceptors (Lipinski definition) is 2. The molecule has 2 unspecified atom stereocenters. The number of hydrogen-bond donors (Lipinski definition) is 1. The van der Waals surface area contributed by atoms with Crippen LogP contribution in [0.5, 0.6) is 5.75 Å². The summed E-state index contributed by atoms with van der Waals surface area (Å²) in [6.45, 7) is 2.07. The van der Waals surface area contributed by atoms with Gasteiger partial charge in [0.25, 0.3) is 0 Å². The maximum atomic E-state index is 14.3. The molecule has 2 aromatic carbocycles. The van der Waals surface area contributed by atoms with Crippen LogP contribution in [0.25, 0.3) is 0 Å². The lowest BCUT2D eigenvalue weighted by Gasteiger charge is -2.24. The molecule has 0 spiro atoms. The molecule has 2 N–H and O–H groups in total. The maximum absolute atomic E-state index is 14.3. The van der Waals surface area contributed by atoms with Gasteiger partial charge < -0.3 is 10.5 Å². The number of methoxy groups -OCH3 is 1. The number of benzene rings is 2. The summed E-state index contributed by atoms with van der Waals surface area (Å²) in [6.07, 6.45) is 0.849. The fraction of sp³-hybridized carbons (Fsp3) is 0.294. The van der Waals surface area contributed by atoms with E-state index in [1.807, 2.05) is 30.3 Å². The minimum Gasteiger partial charge on any atom is -0.494 e. The van der Waals surface area contributed by atoms with Crippen molar-refractivity contribution in [1.82, 2.24) is 0 Å². The van der Waals surface area contributed by atoms with Gasteiger partial charge in [-0.05, 0) is 18.1 Å². The third kappa shape index (κ3) is 2.83. The van der Waals surface area contributed by atoms with Crippen molar-refractivity contribution in [2.75, 3.05) is 7.11 Å². The van der Waals surface area contributed by atoms with E-state index in [-0.39, 0.29) is 17.5 Å². The zero-order chi connectivity index (χ0) is 14.5. The van der Waals surface area contributed by atoms with Crippen molar-refractivity contribution in [2.45, 2.75) is 25.3 Å². The zero-order valence-corrected chi connectivity index (χ0v) is 11.8. The van der Waals surface area contributed by atoms with Crippen LogP contribution in [0, 0.1) is 5.82 Å². The number of ether oxygens (including phenoxy) is 1. The van der Waals surface area contributed by atoms with Gasteiger partial charge in [0.1, 0.15) is 0 Å². The van der Waals surface area contributed by atoms with Crippen LogP contribution in [0.4, 0.5) is 4.39 Å². The van der Waals surface area contributed by atoms with Gasteiger partial charge in [-0.2, -0.15) is 0 Å². The average Bonchev–Trinajstić information content (AvgIpc) is 2.49. The molecule has 0 aliphatic rings. The quantitative estimate of drug-likeness (QED) is 0.892. The Morgan fingerprint density at radius 1 is 1.10 bits per heavy atom. The summed E-state index contributed by atoms with van der Waals surface area (Å²) in [5, 5.41) is 0. The van der Waals surface area contributed by atoms with E-state index in [9.17, 15) is 4.39 Å². The van der Waals surface area contributed by atoms with Crippen LogP contribution < -0.4 is 10.5 Å². The Hall–Kier alpha value is -1.87. The lowest BCUT2D eigenvalue weighted by molar-refractivity contribution is 0.379. The van der Waals surface area contributed by atoms with Gasteiger partial charge in [-0.1, -0.05) is 49.4 Å². The molecule has 0 saturated heterocycles. The highest BCUT2D eigenvalue weighted by Crippen LogP contribution is 2.34. The molecule has 2 aromatic rings. The third-order valence-corrected chi connectivity index (χ3v) is 3.67. The van der Waals surface area contributed by atoms with E-state index in [1.165, 1.54) is 7.11 Å². The topological polar surface area (TPSA) is 35.2 Å². The minimum absolute atomic E-state index is 0.0813. The van der Waals surface area contributed by atoms with Crippen LogP contribution in [0.2, 0.25) is 0 Å². The molecule has 0 radical (unpaired) electrons. The fourth-order valence-electron chi connectivity index (χ4n) is 2.56. The predicted octanol–water partition coefficient (Wildman–Crippen LogP) is 4.03. The van der Waals surface area contributed by atoms with E-state index in [1.54, 1.807) is 18.2 Å². The maximum Gasteiger partial charge on any atom is 0.169 e. The SMILES string of the molecule is CCC(c1ccccc1)C(N)c1cccc(OC)c1F. The van der Waals surface area contributed by atoms with Crippen LogP contribution in [0.3, 0.4) is 0 Å². The van der Waals surface area contributed by atoms with Gasteiger partial charge in [0.05, 0.1) is 7.11 Å². The molecule has 0 heterocycles. The summed E-state index contributed by atoms with van der Waals surface area (Å²) >= 11 is 0. The first kappa shape index (κ1) is 14.5. The molecule has 0 aliphatic heterocycles. The van der Waals surface area contributed by atoms with Crippen LogP contribution in [0.1, 0.15) is 36.4 Å². The molecule has 0 amide bonds. The number of rotatable bonds is 5. The van der Waals surface area contributed by atoms with Gasteiger partial charge in [-0.15, -0.1) is 0 Å². The summed E-state index contributed by atoms with van der Waals surface area (Å²) in [5.74, 6) is -0.0458. The Bertz CT molecular complexity index is 556. The minimum atomic E-state index is -0.391. The first-order chi connectivity index (χ1) is 9.69. The molecule has 0 aliphatic carbocycles. The lowest BCUT2D eigenvalue weighted by Crippen LogP contribution is -2.21. The molecule has 106 valence electrons. The average molecular weight is 273 g/mol. The van der Waals surface area contributed by atoms with E-state index >= 15 is 0 Å². The first-order valence-corrected chi connectivity index (χ1v) is 6.82. The molecular formula is C17H20FNO. The Balaban J connectivity index is 2.36. The van der Waals surface area contributed by atoms with E-state index < -0.39 is 6.04 Å². The first-order valence-electron chi connectivity index (χ1n) is 6.82. The third-order valence-electron chi connectivity index (χ3n) is 3.67. The van der Waals surface area contributed by atoms with Crippen LogP contribution >= 0.6 is 0 Å². The molecule has 0 fully saturated rings. The van der Waals surface area contributed by atoms with Crippen LogP contribution in [-0.2, 0) is 0 Å². The zero-order valence-electron chi connectivity index (χ0n) is 11.8. The molecule has 0 saturated carbocycles. The highest BCUT2D eigenvalue weighted by molar-refractivity contribution is 5.35. The smallest absolute Gasteiger partial charge is 0.169 e. The Morgan fingerprint density at radius 2 is 1.80 bits per heavy atom. The molecule has 2 nitrogen and oxygen atoms in total. The molecule has 0 aromatic heterocycles. The Morgan fingerprint density at radius 3 is 2.40 bits per heavy atom. The molecule has 20 heavy (non-hydrogen) atoms. The molecular weight excluding hydrogens is 253 g/mol.